The molecule has 6 heteroatoms. The van der Waals surface area contributed by atoms with E-state index in [9.17, 15) is 4.79 Å². The van der Waals surface area contributed by atoms with Crippen molar-refractivity contribution in [1.82, 2.24) is 0 Å². The third kappa shape index (κ3) is 4.34. The van der Waals surface area contributed by atoms with Crippen LogP contribution >= 0.6 is 0 Å². The lowest BCUT2D eigenvalue weighted by Crippen LogP contribution is -2.05. The molecule has 2 aromatic carbocycles. The number of benzene rings is 2. The van der Waals surface area contributed by atoms with E-state index in [2.05, 4.69) is 0 Å². The summed E-state index contributed by atoms with van der Waals surface area (Å²) in [6, 6.07) is 8.52. The largest absolute Gasteiger partial charge is 0.497 e. The zero-order valence-corrected chi connectivity index (χ0v) is 16.3. The van der Waals surface area contributed by atoms with Crippen molar-refractivity contribution in [3.05, 3.63) is 47.0 Å². The molecule has 2 rings (SSSR count). The first kappa shape index (κ1) is 20.2. The van der Waals surface area contributed by atoms with E-state index in [0.717, 1.165) is 0 Å². The Balaban J connectivity index is 2.53. The Morgan fingerprint density at radius 1 is 0.963 bits per heavy atom. The number of Topliss-reactive ketones (excluding diaryl/α,β-unsaturated/α-hetero) is 1. The summed E-state index contributed by atoms with van der Waals surface area (Å²) < 4.78 is 21.4. The summed E-state index contributed by atoms with van der Waals surface area (Å²) in [5.74, 6) is 2.03. The van der Waals surface area contributed by atoms with E-state index in [0.29, 0.717) is 51.8 Å². The molecule has 0 unspecified atom stereocenters. The Kier molecular flexibility index (Phi) is 6.71. The molecule has 0 saturated heterocycles. The standard InChI is InChI=1S/C21H25NO5/c1-6-13(20(23)14-7-8-17(22)18(11-14)25-3)9-15-10-16(24-2)12-19(26-4)21(15)27-5/h7-12H,6,22H2,1-5H3. The lowest BCUT2D eigenvalue weighted by atomic mass is 9.98. The second-order valence-corrected chi connectivity index (χ2v) is 5.76. The molecular formula is C21H25NO5. The van der Waals surface area contributed by atoms with E-state index >= 15 is 0 Å². The van der Waals surface area contributed by atoms with Crippen molar-refractivity contribution in [2.75, 3.05) is 34.2 Å². The fourth-order valence-electron chi connectivity index (χ4n) is 2.75. The zero-order chi connectivity index (χ0) is 20.0. The number of allylic oxidation sites excluding steroid dienone is 1. The van der Waals surface area contributed by atoms with Gasteiger partial charge < -0.3 is 24.7 Å². The first-order chi connectivity index (χ1) is 13.0. The SMILES string of the molecule is CCC(=Cc1cc(OC)cc(OC)c1OC)C(=O)c1ccc(N)c(OC)c1. The average Bonchev–Trinajstić information content (AvgIpc) is 2.70. The quantitative estimate of drug-likeness (QED) is 0.429. The van der Waals surface area contributed by atoms with Crippen LogP contribution in [0.1, 0.15) is 29.3 Å². The van der Waals surface area contributed by atoms with Gasteiger partial charge in [-0.1, -0.05) is 6.92 Å². The van der Waals surface area contributed by atoms with Crippen LogP contribution in [0.25, 0.3) is 6.08 Å². The number of methoxy groups -OCH3 is 4. The first-order valence-electron chi connectivity index (χ1n) is 8.47. The van der Waals surface area contributed by atoms with Crippen LogP contribution < -0.4 is 24.7 Å². The maximum atomic E-state index is 13.0. The van der Waals surface area contributed by atoms with E-state index in [1.165, 1.54) is 7.11 Å². The summed E-state index contributed by atoms with van der Waals surface area (Å²) >= 11 is 0. The Bertz CT molecular complexity index is 858. The molecule has 0 saturated carbocycles. The predicted molar refractivity (Wildman–Crippen MR) is 106 cm³/mol. The molecule has 0 aromatic heterocycles. The highest BCUT2D eigenvalue weighted by Crippen LogP contribution is 2.37. The summed E-state index contributed by atoms with van der Waals surface area (Å²) in [4.78, 5) is 13.0. The normalized spacial score (nSPS) is 11.1. The molecule has 0 aliphatic rings. The smallest absolute Gasteiger partial charge is 0.189 e. The molecule has 2 N–H and O–H groups in total. The summed E-state index contributed by atoms with van der Waals surface area (Å²) in [7, 11) is 6.20. The number of rotatable bonds is 8. The van der Waals surface area contributed by atoms with Crippen LogP contribution in [0.5, 0.6) is 23.0 Å². The van der Waals surface area contributed by atoms with E-state index in [1.54, 1.807) is 57.7 Å². The number of hydrogen-bond acceptors (Lipinski definition) is 6. The molecule has 6 nitrogen and oxygen atoms in total. The van der Waals surface area contributed by atoms with Crippen molar-refractivity contribution < 1.29 is 23.7 Å². The Labute approximate surface area is 159 Å². The summed E-state index contributed by atoms with van der Waals surface area (Å²) in [6.07, 6.45) is 2.32. The van der Waals surface area contributed by atoms with Gasteiger partial charge in [0.25, 0.3) is 0 Å². The molecule has 0 aliphatic carbocycles. The highest BCUT2D eigenvalue weighted by molar-refractivity contribution is 6.11. The summed E-state index contributed by atoms with van der Waals surface area (Å²) in [6.45, 7) is 1.92. The number of ether oxygens (including phenoxy) is 4. The third-order valence-electron chi connectivity index (χ3n) is 4.21. The summed E-state index contributed by atoms with van der Waals surface area (Å²) in [5.41, 5.74) is 8.13. The molecule has 0 spiro atoms. The van der Waals surface area contributed by atoms with Crippen LogP contribution in [0.2, 0.25) is 0 Å². The van der Waals surface area contributed by atoms with Crippen molar-refractivity contribution in [1.29, 1.82) is 0 Å². The molecule has 2 aromatic rings. The van der Waals surface area contributed by atoms with Gasteiger partial charge in [0, 0.05) is 22.8 Å². The number of anilines is 1. The monoisotopic (exact) mass is 371 g/mol. The van der Waals surface area contributed by atoms with E-state index in [-0.39, 0.29) is 5.78 Å². The zero-order valence-electron chi connectivity index (χ0n) is 16.3. The fraction of sp³-hybridized carbons (Fsp3) is 0.286. The molecular weight excluding hydrogens is 346 g/mol. The van der Waals surface area contributed by atoms with Gasteiger partial charge in [-0.2, -0.15) is 0 Å². The third-order valence-corrected chi connectivity index (χ3v) is 4.21. The van der Waals surface area contributed by atoms with Gasteiger partial charge in [0.1, 0.15) is 11.5 Å². The Morgan fingerprint density at radius 2 is 1.67 bits per heavy atom. The van der Waals surface area contributed by atoms with Crippen molar-refractivity contribution in [2.24, 2.45) is 0 Å². The van der Waals surface area contributed by atoms with E-state index in [1.807, 2.05) is 6.92 Å². The number of nitrogens with two attached hydrogens (primary N) is 1. The Morgan fingerprint density at radius 3 is 2.22 bits per heavy atom. The van der Waals surface area contributed by atoms with Crippen LogP contribution in [-0.2, 0) is 0 Å². The second kappa shape index (κ2) is 8.98. The maximum Gasteiger partial charge on any atom is 0.189 e. The van der Waals surface area contributed by atoms with Crippen LogP contribution in [0.4, 0.5) is 5.69 Å². The van der Waals surface area contributed by atoms with Crippen molar-refractivity contribution >= 4 is 17.5 Å². The number of carbonyl (C=O) groups is 1. The summed E-state index contributed by atoms with van der Waals surface area (Å²) in [5, 5.41) is 0. The topological polar surface area (TPSA) is 80.0 Å². The fourth-order valence-corrected chi connectivity index (χ4v) is 2.75. The molecule has 144 valence electrons. The Hall–Kier alpha value is -3.15. The maximum absolute atomic E-state index is 13.0. The minimum Gasteiger partial charge on any atom is -0.497 e. The van der Waals surface area contributed by atoms with Gasteiger partial charge in [-0.25, -0.2) is 0 Å². The number of hydrogen-bond donors (Lipinski definition) is 1. The van der Waals surface area contributed by atoms with Gasteiger partial charge in [-0.3, -0.25) is 4.79 Å². The van der Waals surface area contributed by atoms with Gasteiger partial charge in [-0.15, -0.1) is 0 Å². The van der Waals surface area contributed by atoms with Gasteiger partial charge in [0.05, 0.1) is 34.1 Å². The lowest BCUT2D eigenvalue weighted by molar-refractivity contribution is 0.103. The molecule has 0 amide bonds. The van der Waals surface area contributed by atoms with Gasteiger partial charge >= 0.3 is 0 Å². The minimum absolute atomic E-state index is 0.111. The molecule has 0 fully saturated rings. The lowest BCUT2D eigenvalue weighted by Gasteiger charge is -2.14. The molecule has 0 aliphatic heterocycles. The second-order valence-electron chi connectivity index (χ2n) is 5.76. The van der Waals surface area contributed by atoms with Gasteiger partial charge in [0.2, 0.25) is 0 Å². The number of carbonyl (C=O) groups excluding carboxylic acids is 1. The minimum atomic E-state index is -0.111. The molecule has 27 heavy (non-hydrogen) atoms. The van der Waals surface area contributed by atoms with E-state index in [4.69, 9.17) is 24.7 Å². The number of ketones is 1. The molecule has 0 heterocycles. The molecule has 0 bridgehead atoms. The van der Waals surface area contributed by atoms with Crippen molar-refractivity contribution in [3.63, 3.8) is 0 Å². The van der Waals surface area contributed by atoms with Crippen molar-refractivity contribution in [2.45, 2.75) is 13.3 Å². The van der Waals surface area contributed by atoms with Crippen LogP contribution in [0.3, 0.4) is 0 Å². The van der Waals surface area contributed by atoms with Gasteiger partial charge in [-0.05, 0) is 36.8 Å². The molecule has 0 atom stereocenters. The van der Waals surface area contributed by atoms with E-state index < -0.39 is 0 Å². The highest BCUT2D eigenvalue weighted by atomic mass is 16.5. The van der Waals surface area contributed by atoms with Crippen molar-refractivity contribution in [3.8, 4) is 23.0 Å². The predicted octanol–water partition coefficient (Wildman–Crippen LogP) is 3.98. The molecule has 0 radical (unpaired) electrons. The average molecular weight is 371 g/mol. The van der Waals surface area contributed by atoms with Gasteiger partial charge in [0.15, 0.2) is 17.3 Å². The van der Waals surface area contributed by atoms with Crippen LogP contribution in [-0.4, -0.2) is 34.2 Å². The first-order valence-corrected chi connectivity index (χ1v) is 8.47. The number of nitrogen functional groups attached to an aromatic ring is 1. The highest BCUT2D eigenvalue weighted by Gasteiger charge is 2.16. The van der Waals surface area contributed by atoms with Crippen LogP contribution in [0.15, 0.2) is 35.9 Å². The van der Waals surface area contributed by atoms with Crippen LogP contribution in [0, 0.1) is 0 Å².